The van der Waals surface area contributed by atoms with Crippen LogP contribution in [0.5, 0.6) is 0 Å². The number of carbonyl (C=O) groups excluding carboxylic acids is 1. The molecule has 1 aromatic heterocycles. The lowest BCUT2D eigenvalue weighted by Crippen LogP contribution is -2.37. The number of aromatic nitrogens is 3. The fourth-order valence-electron chi connectivity index (χ4n) is 3.11. The number of anilines is 4. The van der Waals surface area contributed by atoms with Gasteiger partial charge in [0.2, 0.25) is 17.8 Å². The summed E-state index contributed by atoms with van der Waals surface area (Å²) in [5.41, 5.74) is 0.634. The van der Waals surface area contributed by atoms with Crippen LogP contribution in [0.25, 0.3) is 0 Å². The zero-order chi connectivity index (χ0) is 24.8. The van der Waals surface area contributed by atoms with Gasteiger partial charge in [0, 0.05) is 30.9 Å². The first-order chi connectivity index (χ1) is 16.9. The van der Waals surface area contributed by atoms with E-state index in [0.717, 1.165) is 29.6 Å². The van der Waals surface area contributed by atoms with Crippen molar-refractivity contribution in [2.24, 2.45) is 0 Å². The number of benzene rings is 2. The van der Waals surface area contributed by atoms with Crippen LogP contribution in [0.4, 0.5) is 29.0 Å². The number of morpholine rings is 1. The summed E-state index contributed by atoms with van der Waals surface area (Å²) in [5.74, 6) is 0.336. The standard InChI is InChI=1S/C21H19Cl2N7O4S/c22-15-10-14(30(32)33)11-16(23)18(15)25-17(31)12-35-21-27-19(24-13-4-2-1-3-5-13)26-20(28-21)29-6-8-34-9-7-29/h1-5,10-11H,6-9,12H2,(H,25,31)(H,24,26,27,28). The Morgan fingerprint density at radius 3 is 2.46 bits per heavy atom. The van der Waals surface area contributed by atoms with Gasteiger partial charge in [0.1, 0.15) is 0 Å². The Bertz CT molecular complexity index is 1210. The van der Waals surface area contributed by atoms with Crippen LogP contribution in [0.15, 0.2) is 47.6 Å². The van der Waals surface area contributed by atoms with Crippen LogP contribution in [-0.2, 0) is 9.53 Å². The van der Waals surface area contributed by atoms with Crippen molar-refractivity contribution < 1.29 is 14.5 Å². The maximum absolute atomic E-state index is 12.6. The summed E-state index contributed by atoms with van der Waals surface area (Å²) in [6.07, 6.45) is 0. The average Bonchev–Trinajstić information content (AvgIpc) is 2.86. The monoisotopic (exact) mass is 535 g/mol. The van der Waals surface area contributed by atoms with E-state index >= 15 is 0 Å². The van der Waals surface area contributed by atoms with Gasteiger partial charge in [-0.2, -0.15) is 15.0 Å². The Labute approximate surface area is 214 Å². The predicted molar refractivity (Wildman–Crippen MR) is 135 cm³/mol. The minimum absolute atomic E-state index is 0.0355. The molecule has 11 nitrogen and oxygen atoms in total. The van der Waals surface area contributed by atoms with E-state index in [9.17, 15) is 14.9 Å². The number of nitro benzene ring substituents is 1. The molecular formula is C21H19Cl2N7O4S. The quantitative estimate of drug-likeness (QED) is 0.242. The normalized spacial score (nSPS) is 13.4. The smallest absolute Gasteiger partial charge is 0.272 e. The average molecular weight is 536 g/mol. The third-order valence-corrected chi connectivity index (χ3v) is 6.20. The minimum atomic E-state index is -0.618. The SMILES string of the molecule is O=C(CSc1nc(Nc2ccccc2)nc(N2CCOCC2)n1)Nc1c(Cl)cc([N+](=O)[O-])cc1Cl. The fourth-order valence-corrected chi connectivity index (χ4v) is 4.31. The van der Waals surface area contributed by atoms with E-state index < -0.39 is 10.8 Å². The molecule has 0 unspecified atom stereocenters. The van der Waals surface area contributed by atoms with Crippen molar-refractivity contribution in [1.29, 1.82) is 0 Å². The van der Waals surface area contributed by atoms with Gasteiger partial charge in [-0.15, -0.1) is 0 Å². The Balaban J connectivity index is 1.49. The molecule has 0 spiro atoms. The number of para-hydroxylation sites is 1. The third-order valence-electron chi connectivity index (χ3n) is 4.76. The second-order valence-corrected chi connectivity index (χ2v) is 8.97. The number of ether oxygens (including phenoxy) is 1. The number of hydrogen-bond acceptors (Lipinski definition) is 10. The second kappa shape index (κ2) is 11.5. The molecule has 1 aliphatic rings. The van der Waals surface area contributed by atoms with Crippen LogP contribution < -0.4 is 15.5 Å². The summed E-state index contributed by atoms with van der Waals surface area (Å²) in [6, 6.07) is 11.7. The second-order valence-electron chi connectivity index (χ2n) is 7.21. The van der Waals surface area contributed by atoms with E-state index in [-0.39, 0.29) is 27.2 Å². The van der Waals surface area contributed by atoms with Crippen molar-refractivity contribution in [2.45, 2.75) is 5.16 Å². The molecule has 0 bridgehead atoms. The Kier molecular flexibility index (Phi) is 8.18. The van der Waals surface area contributed by atoms with Crippen LogP contribution in [0, 0.1) is 10.1 Å². The number of hydrogen-bond donors (Lipinski definition) is 2. The van der Waals surface area contributed by atoms with Crippen molar-refractivity contribution in [3.8, 4) is 0 Å². The number of non-ortho nitro benzene ring substituents is 1. The van der Waals surface area contributed by atoms with Crippen molar-refractivity contribution in [2.75, 3.05) is 47.6 Å². The van der Waals surface area contributed by atoms with E-state index in [2.05, 4.69) is 25.6 Å². The summed E-state index contributed by atoms with van der Waals surface area (Å²) in [6.45, 7) is 2.40. The molecule has 0 radical (unpaired) electrons. The van der Waals surface area contributed by atoms with Gasteiger partial charge >= 0.3 is 0 Å². The van der Waals surface area contributed by atoms with Gasteiger partial charge in [-0.3, -0.25) is 14.9 Å². The van der Waals surface area contributed by atoms with E-state index in [1.54, 1.807) is 0 Å². The summed E-state index contributed by atoms with van der Waals surface area (Å²) < 4.78 is 5.41. The minimum Gasteiger partial charge on any atom is -0.378 e. The lowest BCUT2D eigenvalue weighted by molar-refractivity contribution is -0.384. The van der Waals surface area contributed by atoms with E-state index in [0.29, 0.717) is 43.4 Å². The maximum atomic E-state index is 12.6. The lowest BCUT2D eigenvalue weighted by Gasteiger charge is -2.27. The lowest BCUT2D eigenvalue weighted by atomic mass is 10.3. The largest absolute Gasteiger partial charge is 0.378 e. The predicted octanol–water partition coefficient (Wildman–Crippen LogP) is 4.40. The molecule has 3 aromatic rings. The highest BCUT2D eigenvalue weighted by Gasteiger charge is 2.19. The molecule has 1 aliphatic heterocycles. The molecule has 2 N–H and O–H groups in total. The Morgan fingerprint density at radius 2 is 1.80 bits per heavy atom. The highest BCUT2D eigenvalue weighted by atomic mass is 35.5. The van der Waals surface area contributed by atoms with Gasteiger partial charge in [0.05, 0.1) is 39.6 Å². The van der Waals surface area contributed by atoms with Crippen LogP contribution in [0.2, 0.25) is 10.0 Å². The zero-order valence-electron chi connectivity index (χ0n) is 18.1. The summed E-state index contributed by atoms with van der Waals surface area (Å²) in [5, 5.41) is 17.0. The highest BCUT2D eigenvalue weighted by Crippen LogP contribution is 2.35. The summed E-state index contributed by atoms with van der Waals surface area (Å²) >= 11 is 13.3. The molecule has 0 saturated carbocycles. The Morgan fingerprint density at radius 1 is 1.11 bits per heavy atom. The van der Waals surface area contributed by atoms with E-state index in [1.807, 2.05) is 35.2 Å². The number of rotatable bonds is 8. The molecule has 0 atom stereocenters. The summed E-state index contributed by atoms with van der Waals surface area (Å²) in [7, 11) is 0. The molecule has 2 heterocycles. The van der Waals surface area contributed by atoms with Gasteiger partial charge in [-0.05, 0) is 12.1 Å². The van der Waals surface area contributed by atoms with Gasteiger partial charge in [0.25, 0.3) is 5.69 Å². The molecule has 1 amide bonds. The molecule has 2 aromatic carbocycles. The highest BCUT2D eigenvalue weighted by molar-refractivity contribution is 7.99. The van der Waals surface area contributed by atoms with E-state index in [4.69, 9.17) is 27.9 Å². The molecule has 0 aliphatic carbocycles. The molecule has 35 heavy (non-hydrogen) atoms. The van der Waals surface area contributed by atoms with Crippen molar-refractivity contribution in [1.82, 2.24) is 15.0 Å². The first-order valence-electron chi connectivity index (χ1n) is 10.4. The van der Waals surface area contributed by atoms with Crippen molar-refractivity contribution in [3.63, 3.8) is 0 Å². The molecule has 14 heteroatoms. The van der Waals surface area contributed by atoms with Gasteiger partial charge in [-0.1, -0.05) is 53.2 Å². The molecule has 4 rings (SSSR count). The van der Waals surface area contributed by atoms with Gasteiger partial charge < -0.3 is 20.3 Å². The van der Waals surface area contributed by atoms with Crippen LogP contribution >= 0.6 is 35.0 Å². The van der Waals surface area contributed by atoms with Crippen LogP contribution in [0.1, 0.15) is 0 Å². The van der Waals surface area contributed by atoms with Crippen molar-refractivity contribution in [3.05, 3.63) is 62.6 Å². The maximum Gasteiger partial charge on any atom is 0.272 e. The number of nitrogens with one attached hydrogen (secondary N) is 2. The Hall–Kier alpha value is -3.19. The first-order valence-corrected chi connectivity index (χ1v) is 12.1. The number of nitrogens with zero attached hydrogens (tertiary/aromatic N) is 5. The third kappa shape index (κ3) is 6.69. The molecular weight excluding hydrogens is 517 g/mol. The number of thioether (sulfide) groups is 1. The molecule has 182 valence electrons. The first kappa shape index (κ1) is 24.9. The van der Waals surface area contributed by atoms with Crippen molar-refractivity contribution >= 4 is 69.8 Å². The fraction of sp³-hybridized carbons (Fsp3) is 0.238. The number of nitro groups is 1. The van der Waals surface area contributed by atoms with E-state index in [1.165, 1.54) is 0 Å². The summed E-state index contributed by atoms with van der Waals surface area (Å²) in [4.78, 5) is 38.4. The molecule has 1 saturated heterocycles. The number of carbonyl (C=O) groups is 1. The van der Waals surface area contributed by atoms with Gasteiger partial charge in [0.15, 0.2) is 5.16 Å². The number of amides is 1. The van der Waals surface area contributed by atoms with Crippen LogP contribution in [-0.4, -0.2) is 57.8 Å². The number of halogens is 2. The molecule has 1 fully saturated rings. The zero-order valence-corrected chi connectivity index (χ0v) is 20.4. The van der Waals surface area contributed by atoms with Crippen LogP contribution in [0.3, 0.4) is 0 Å². The topological polar surface area (TPSA) is 135 Å². The van der Waals surface area contributed by atoms with Gasteiger partial charge in [-0.25, -0.2) is 0 Å².